The third kappa shape index (κ3) is 6.26. The number of hydrogen-bond donors (Lipinski definition) is 2. The molecule has 1 rings (SSSR count). The molecule has 122 valence electrons. The topological polar surface area (TPSA) is 61.4 Å². The molecule has 0 aliphatic carbocycles. The van der Waals surface area contributed by atoms with Crippen molar-refractivity contribution in [3.63, 3.8) is 0 Å². The van der Waals surface area contributed by atoms with E-state index in [1.54, 1.807) is 24.3 Å². The molecule has 5 nitrogen and oxygen atoms in total. The van der Waals surface area contributed by atoms with Crippen LogP contribution in [0.4, 0.5) is 5.69 Å². The summed E-state index contributed by atoms with van der Waals surface area (Å²) in [6.45, 7) is 8.96. The van der Waals surface area contributed by atoms with E-state index >= 15 is 0 Å². The van der Waals surface area contributed by atoms with Crippen LogP contribution in [0.25, 0.3) is 0 Å². The highest BCUT2D eigenvalue weighted by Crippen LogP contribution is 2.10. The first-order valence-corrected chi connectivity index (χ1v) is 8.01. The Labute approximate surface area is 133 Å². The first-order chi connectivity index (χ1) is 10.6. The molecule has 0 atom stereocenters. The number of amides is 2. The predicted octanol–water partition coefficient (Wildman–Crippen LogP) is 2.50. The van der Waals surface area contributed by atoms with Crippen molar-refractivity contribution < 1.29 is 9.59 Å². The van der Waals surface area contributed by atoms with E-state index in [1.807, 2.05) is 6.92 Å². The fourth-order valence-electron chi connectivity index (χ4n) is 2.27. The highest BCUT2D eigenvalue weighted by molar-refractivity contribution is 5.96. The lowest BCUT2D eigenvalue weighted by molar-refractivity contribution is -0.117. The summed E-state index contributed by atoms with van der Waals surface area (Å²) in [6, 6.07) is 6.95. The lowest BCUT2D eigenvalue weighted by atomic mass is 10.2. The molecule has 0 aliphatic rings. The largest absolute Gasteiger partial charge is 0.352 e. The quantitative estimate of drug-likeness (QED) is 0.737. The number of hydrogen-bond acceptors (Lipinski definition) is 3. The second-order valence-corrected chi connectivity index (χ2v) is 5.26. The second kappa shape index (κ2) is 9.95. The van der Waals surface area contributed by atoms with Crippen LogP contribution in [0, 0.1) is 0 Å². The molecule has 1 aromatic carbocycles. The predicted molar refractivity (Wildman–Crippen MR) is 90.1 cm³/mol. The van der Waals surface area contributed by atoms with Crippen molar-refractivity contribution in [2.45, 2.75) is 33.6 Å². The smallest absolute Gasteiger partial charge is 0.251 e. The van der Waals surface area contributed by atoms with Gasteiger partial charge in [0, 0.05) is 17.8 Å². The van der Waals surface area contributed by atoms with E-state index in [1.165, 1.54) is 0 Å². The zero-order valence-electron chi connectivity index (χ0n) is 13.8. The van der Waals surface area contributed by atoms with Gasteiger partial charge in [-0.2, -0.15) is 0 Å². The average Bonchev–Trinajstić information content (AvgIpc) is 2.48. The SMILES string of the molecule is CCCN(CCC)CC(=O)Nc1ccc(C(=O)NCC)cc1. The zero-order chi connectivity index (χ0) is 16.4. The molecule has 0 aliphatic heterocycles. The molecule has 0 radical (unpaired) electrons. The van der Waals surface area contributed by atoms with Gasteiger partial charge in [0.05, 0.1) is 6.54 Å². The van der Waals surface area contributed by atoms with E-state index in [9.17, 15) is 9.59 Å². The van der Waals surface area contributed by atoms with E-state index in [0.717, 1.165) is 25.9 Å². The number of nitrogens with zero attached hydrogens (tertiary/aromatic N) is 1. The summed E-state index contributed by atoms with van der Waals surface area (Å²) >= 11 is 0. The second-order valence-electron chi connectivity index (χ2n) is 5.26. The monoisotopic (exact) mass is 305 g/mol. The van der Waals surface area contributed by atoms with Crippen molar-refractivity contribution in [2.75, 3.05) is 31.5 Å². The standard InChI is InChI=1S/C17H27N3O2/c1-4-11-20(12-5-2)13-16(21)19-15-9-7-14(8-10-15)17(22)18-6-3/h7-10H,4-6,11-13H2,1-3H3,(H,18,22)(H,19,21). The van der Waals surface area contributed by atoms with Crippen LogP contribution in [0.2, 0.25) is 0 Å². The molecule has 2 N–H and O–H groups in total. The molecule has 0 heterocycles. The van der Waals surface area contributed by atoms with Crippen molar-refractivity contribution >= 4 is 17.5 Å². The van der Waals surface area contributed by atoms with Crippen LogP contribution in [0.5, 0.6) is 0 Å². The number of carbonyl (C=O) groups excluding carboxylic acids is 2. The van der Waals surface area contributed by atoms with Crippen molar-refractivity contribution in [1.29, 1.82) is 0 Å². The molecular weight excluding hydrogens is 278 g/mol. The first kappa shape index (κ1) is 18.2. The first-order valence-electron chi connectivity index (χ1n) is 8.01. The van der Waals surface area contributed by atoms with E-state index in [2.05, 4.69) is 29.4 Å². The van der Waals surface area contributed by atoms with Crippen molar-refractivity contribution in [1.82, 2.24) is 10.2 Å². The average molecular weight is 305 g/mol. The van der Waals surface area contributed by atoms with Gasteiger partial charge >= 0.3 is 0 Å². The maximum Gasteiger partial charge on any atom is 0.251 e. The molecule has 0 aromatic heterocycles. The van der Waals surface area contributed by atoms with Gasteiger partial charge in [0.1, 0.15) is 0 Å². The van der Waals surface area contributed by atoms with Gasteiger partial charge in [0.2, 0.25) is 5.91 Å². The summed E-state index contributed by atoms with van der Waals surface area (Å²) in [5, 5.41) is 5.62. The number of nitrogens with one attached hydrogen (secondary N) is 2. The Kier molecular flexibility index (Phi) is 8.22. The maximum atomic E-state index is 12.1. The van der Waals surface area contributed by atoms with Gasteiger partial charge in [-0.05, 0) is 57.1 Å². The van der Waals surface area contributed by atoms with Gasteiger partial charge in [-0.25, -0.2) is 0 Å². The van der Waals surface area contributed by atoms with Crippen LogP contribution >= 0.6 is 0 Å². The summed E-state index contributed by atoms with van der Waals surface area (Å²) in [6.07, 6.45) is 2.07. The molecule has 22 heavy (non-hydrogen) atoms. The minimum absolute atomic E-state index is 0.0207. The number of rotatable bonds is 9. The van der Waals surface area contributed by atoms with Crippen LogP contribution < -0.4 is 10.6 Å². The summed E-state index contributed by atoms with van der Waals surface area (Å²) in [5.74, 6) is -0.120. The van der Waals surface area contributed by atoms with Crippen LogP contribution in [0.1, 0.15) is 44.0 Å². The highest BCUT2D eigenvalue weighted by Gasteiger charge is 2.10. The third-order valence-electron chi connectivity index (χ3n) is 3.22. The van der Waals surface area contributed by atoms with Gasteiger partial charge in [0.25, 0.3) is 5.91 Å². The van der Waals surface area contributed by atoms with Gasteiger partial charge < -0.3 is 10.6 Å². The van der Waals surface area contributed by atoms with Crippen molar-refractivity contribution in [3.8, 4) is 0 Å². The fourth-order valence-corrected chi connectivity index (χ4v) is 2.27. The maximum absolute atomic E-state index is 12.1. The Bertz CT molecular complexity index is 465. The van der Waals surface area contributed by atoms with E-state index in [-0.39, 0.29) is 11.8 Å². The molecule has 0 saturated carbocycles. The number of benzene rings is 1. The van der Waals surface area contributed by atoms with Gasteiger partial charge in [-0.15, -0.1) is 0 Å². The summed E-state index contributed by atoms with van der Waals surface area (Å²) in [4.78, 5) is 25.9. The summed E-state index contributed by atoms with van der Waals surface area (Å²) in [5.41, 5.74) is 1.31. The van der Waals surface area contributed by atoms with Gasteiger partial charge in [-0.3, -0.25) is 14.5 Å². The van der Waals surface area contributed by atoms with Crippen LogP contribution in [-0.2, 0) is 4.79 Å². The Hall–Kier alpha value is -1.88. The third-order valence-corrected chi connectivity index (χ3v) is 3.22. The minimum atomic E-state index is -0.0996. The highest BCUT2D eigenvalue weighted by atomic mass is 16.2. The molecule has 1 aromatic rings. The molecular formula is C17H27N3O2. The summed E-state index contributed by atoms with van der Waals surface area (Å²) in [7, 11) is 0. The summed E-state index contributed by atoms with van der Waals surface area (Å²) < 4.78 is 0. The van der Waals surface area contributed by atoms with Crippen molar-refractivity contribution in [2.24, 2.45) is 0 Å². The van der Waals surface area contributed by atoms with Gasteiger partial charge in [-0.1, -0.05) is 13.8 Å². The number of anilines is 1. The van der Waals surface area contributed by atoms with Crippen LogP contribution in [-0.4, -0.2) is 42.9 Å². The van der Waals surface area contributed by atoms with E-state index in [4.69, 9.17) is 0 Å². The molecule has 0 bridgehead atoms. The lowest BCUT2D eigenvalue weighted by Crippen LogP contribution is -2.34. The molecule has 0 saturated heterocycles. The van der Waals surface area contributed by atoms with E-state index < -0.39 is 0 Å². The molecule has 0 fully saturated rings. The Balaban J connectivity index is 2.55. The molecule has 0 spiro atoms. The molecule has 5 heteroatoms. The normalized spacial score (nSPS) is 10.5. The zero-order valence-corrected chi connectivity index (χ0v) is 13.8. The van der Waals surface area contributed by atoms with Gasteiger partial charge in [0.15, 0.2) is 0 Å². The van der Waals surface area contributed by atoms with E-state index in [0.29, 0.717) is 24.3 Å². The lowest BCUT2D eigenvalue weighted by Gasteiger charge is -2.20. The fraction of sp³-hybridized carbons (Fsp3) is 0.529. The Morgan fingerprint density at radius 3 is 2.09 bits per heavy atom. The van der Waals surface area contributed by atoms with Crippen LogP contribution in [0.15, 0.2) is 24.3 Å². The minimum Gasteiger partial charge on any atom is -0.352 e. The number of carbonyl (C=O) groups is 2. The van der Waals surface area contributed by atoms with Crippen LogP contribution in [0.3, 0.4) is 0 Å². The Morgan fingerprint density at radius 2 is 1.59 bits per heavy atom. The molecule has 2 amide bonds. The van der Waals surface area contributed by atoms with Crippen molar-refractivity contribution in [3.05, 3.63) is 29.8 Å². The molecule has 0 unspecified atom stereocenters. The Morgan fingerprint density at radius 1 is 1.00 bits per heavy atom.